The number of hydrogen-bond acceptors (Lipinski definition) is 3. The van der Waals surface area contributed by atoms with Gasteiger partial charge in [-0.25, -0.2) is 8.78 Å². The number of benzene rings is 2. The summed E-state index contributed by atoms with van der Waals surface area (Å²) in [6.45, 7) is 1.32. The van der Waals surface area contributed by atoms with Crippen LogP contribution < -0.4 is 10.6 Å². The molecule has 0 saturated carbocycles. The average molecular weight is 433 g/mol. The number of hydrogen-bond donors (Lipinski definition) is 2. The molecule has 1 aliphatic heterocycles. The number of carbonyl (C=O) groups excluding carboxylic acids is 1. The van der Waals surface area contributed by atoms with Crippen LogP contribution in [0.1, 0.15) is 28.3 Å². The van der Waals surface area contributed by atoms with E-state index >= 15 is 0 Å². The topological polar surface area (TPSA) is 59.0 Å². The number of piperidine rings is 1. The van der Waals surface area contributed by atoms with Crippen molar-refractivity contribution < 1.29 is 13.6 Å². The summed E-state index contributed by atoms with van der Waals surface area (Å²) in [5, 5.41) is 10.3. The van der Waals surface area contributed by atoms with E-state index in [0.29, 0.717) is 12.1 Å². The van der Waals surface area contributed by atoms with Gasteiger partial charge in [-0.05, 0) is 48.9 Å². The van der Waals surface area contributed by atoms with Gasteiger partial charge in [0.1, 0.15) is 11.6 Å². The summed E-state index contributed by atoms with van der Waals surface area (Å²) >= 11 is 0. The second kappa shape index (κ2) is 9.36. The number of nitrogens with one attached hydrogen (secondary N) is 2. The van der Waals surface area contributed by atoms with Crippen LogP contribution in [0.15, 0.2) is 54.7 Å². The number of amides is 1. The lowest BCUT2D eigenvalue weighted by atomic mass is 9.86. The molecule has 2 heterocycles. The summed E-state index contributed by atoms with van der Waals surface area (Å²) < 4.78 is 30.0. The van der Waals surface area contributed by atoms with Gasteiger partial charge in [-0.3, -0.25) is 9.48 Å². The average Bonchev–Trinajstić information content (AvgIpc) is 3.14. The number of nitrogens with zero attached hydrogens (tertiary/aromatic N) is 2. The number of aromatic nitrogens is 2. The molecule has 158 valence electrons. The molecule has 8 heteroatoms. The zero-order chi connectivity index (χ0) is 20.4. The maximum Gasteiger partial charge on any atom is 0.254 e. The highest BCUT2D eigenvalue weighted by molar-refractivity contribution is 5.95. The van der Waals surface area contributed by atoms with Crippen LogP contribution in [-0.4, -0.2) is 34.8 Å². The Balaban J connectivity index is 0.00000256. The van der Waals surface area contributed by atoms with E-state index in [2.05, 4.69) is 15.7 Å². The van der Waals surface area contributed by atoms with E-state index in [4.69, 9.17) is 0 Å². The van der Waals surface area contributed by atoms with Gasteiger partial charge in [-0.1, -0.05) is 18.2 Å². The summed E-state index contributed by atoms with van der Waals surface area (Å²) in [5.41, 5.74) is 2.23. The molecule has 1 aliphatic rings. The molecule has 1 saturated heterocycles. The van der Waals surface area contributed by atoms with Gasteiger partial charge in [-0.2, -0.15) is 5.10 Å². The first-order chi connectivity index (χ1) is 14.0. The summed E-state index contributed by atoms with van der Waals surface area (Å²) in [5.74, 6) is -1.41. The summed E-state index contributed by atoms with van der Waals surface area (Å²) in [4.78, 5) is 12.8. The standard InChI is InChI=1S/C22H22F2N4O.ClH/c1-28-21(8-10-26-28)15-5-6-18(19(24)12-15)22(29)27-20-13-25-9-7-17(20)14-3-2-4-16(23)11-14;/h2-6,8,10-12,17,20,25H,7,9,13H2,1H3,(H,27,29);1H/t17-,20+;/m0./s1. The number of rotatable bonds is 4. The van der Waals surface area contributed by atoms with Crippen molar-refractivity contribution in [1.29, 1.82) is 0 Å². The van der Waals surface area contributed by atoms with Crippen LogP contribution in [0.5, 0.6) is 0 Å². The fourth-order valence-corrected chi connectivity index (χ4v) is 3.91. The SMILES string of the molecule is Cl.Cn1nccc1-c1ccc(C(=O)N[C@@H]2CNCC[C@H]2c2cccc(F)c2)c(F)c1. The molecule has 0 bridgehead atoms. The van der Waals surface area contributed by atoms with Crippen molar-refractivity contribution in [3.63, 3.8) is 0 Å². The molecule has 2 aromatic carbocycles. The van der Waals surface area contributed by atoms with Gasteiger partial charge >= 0.3 is 0 Å². The summed E-state index contributed by atoms with van der Waals surface area (Å²) in [6, 6.07) is 12.5. The van der Waals surface area contributed by atoms with Crippen molar-refractivity contribution in [1.82, 2.24) is 20.4 Å². The van der Waals surface area contributed by atoms with Crippen LogP contribution in [0.3, 0.4) is 0 Å². The molecule has 3 aromatic rings. The van der Waals surface area contributed by atoms with Gasteiger partial charge < -0.3 is 10.6 Å². The maximum atomic E-state index is 14.7. The van der Waals surface area contributed by atoms with E-state index in [1.807, 2.05) is 6.07 Å². The Morgan fingerprint density at radius 1 is 1.20 bits per heavy atom. The van der Waals surface area contributed by atoms with E-state index in [1.165, 1.54) is 24.3 Å². The van der Waals surface area contributed by atoms with Gasteiger partial charge in [0.15, 0.2) is 0 Å². The van der Waals surface area contributed by atoms with Crippen LogP contribution >= 0.6 is 12.4 Å². The van der Waals surface area contributed by atoms with E-state index in [1.54, 1.807) is 36.1 Å². The van der Waals surface area contributed by atoms with Crippen LogP contribution in [0.4, 0.5) is 8.78 Å². The first-order valence-electron chi connectivity index (χ1n) is 9.58. The molecule has 0 unspecified atom stereocenters. The van der Waals surface area contributed by atoms with Crippen molar-refractivity contribution >= 4 is 18.3 Å². The highest BCUT2D eigenvalue weighted by Crippen LogP contribution is 2.27. The first-order valence-corrected chi connectivity index (χ1v) is 9.58. The predicted octanol–water partition coefficient (Wildman–Crippen LogP) is 3.66. The Hall–Kier alpha value is -2.77. The normalized spacial score (nSPS) is 18.5. The van der Waals surface area contributed by atoms with Gasteiger partial charge in [0.05, 0.1) is 11.3 Å². The Kier molecular flexibility index (Phi) is 6.84. The van der Waals surface area contributed by atoms with Crippen molar-refractivity contribution in [3.05, 3.63) is 77.5 Å². The molecular weight excluding hydrogens is 410 g/mol. The lowest BCUT2D eigenvalue weighted by Crippen LogP contribution is -2.50. The highest BCUT2D eigenvalue weighted by atomic mass is 35.5. The lowest BCUT2D eigenvalue weighted by Gasteiger charge is -2.33. The third kappa shape index (κ3) is 4.52. The Labute approximate surface area is 179 Å². The van der Waals surface area contributed by atoms with Crippen LogP contribution in [0, 0.1) is 11.6 Å². The van der Waals surface area contributed by atoms with E-state index in [-0.39, 0.29) is 35.7 Å². The highest BCUT2D eigenvalue weighted by Gasteiger charge is 2.29. The third-order valence-corrected chi connectivity index (χ3v) is 5.41. The molecular formula is C22H23ClF2N4O. The molecule has 2 atom stereocenters. The Morgan fingerprint density at radius 3 is 2.73 bits per heavy atom. The fraction of sp³-hybridized carbons (Fsp3) is 0.273. The van der Waals surface area contributed by atoms with E-state index in [0.717, 1.165) is 24.2 Å². The summed E-state index contributed by atoms with van der Waals surface area (Å²) in [7, 11) is 1.77. The maximum absolute atomic E-state index is 14.7. The van der Waals surface area contributed by atoms with Crippen molar-refractivity contribution in [3.8, 4) is 11.3 Å². The fourth-order valence-electron chi connectivity index (χ4n) is 3.91. The number of carbonyl (C=O) groups is 1. The Bertz CT molecular complexity index is 1040. The molecule has 4 rings (SSSR count). The minimum absolute atomic E-state index is 0. The van der Waals surface area contributed by atoms with Crippen molar-refractivity contribution in [2.45, 2.75) is 18.4 Å². The molecule has 5 nitrogen and oxygen atoms in total. The second-order valence-electron chi connectivity index (χ2n) is 7.27. The van der Waals surface area contributed by atoms with E-state index < -0.39 is 11.7 Å². The Morgan fingerprint density at radius 2 is 2.03 bits per heavy atom. The zero-order valence-electron chi connectivity index (χ0n) is 16.4. The minimum atomic E-state index is -0.590. The van der Waals surface area contributed by atoms with Gasteiger partial charge in [0, 0.05) is 37.3 Å². The largest absolute Gasteiger partial charge is 0.347 e. The van der Waals surface area contributed by atoms with Gasteiger partial charge in [0.2, 0.25) is 0 Å². The quantitative estimate of drug-likeness (QED) is 0.661. The van der Waals surface area contributed by atoms with Crippen molar-refractivity contribution in [2.24, 2.45) is 7.05 Å². The van der Waals surface area contributed by atoms with Crippen LogP contribution in [0.2, 0.25) is 0 Å². The van der Waals surface area contributed by atoms with Crippen molar-refractivity contribution in [2.75, 3.05) is 13.1 Å². The second-order valence-corrected chi connectivity index (χ2v) is 7.27. The van der Waals surface area contributed by atoms with Gasteiger partial charge in [0.25, 0.3) is 5.91 Å². The predicted molar refractivity (Wildman–Crippen MR) is 114 cm³/mol. The number of halogens is 3. The molecule has 30 heavy (non-hydrogen) atoms. The molecule has 2 N–H and O–H groups in total. The molecule has 1 fully saturated rings. The molecule has 1 amide bonds. The summed E-state index contributed by atoms with van der Waals surface area (Å²) in [6.07, 6.45) is 2.40. The minimum Gasteiger partial charge on any atom is -0.347 e. The lowest BCUT2D eigenvalue weighted by molar-refractivity contribution is 0.0920. The first kappa shape index (κ1) is 21.9. The zero-order valence-corrected chi connectivity index (χ0v) is 17.3. The van der Waals surface area contributed by atoms with E-state index in [9.17, 15) is 13.6 Å². The third-order valence-electron chi connectivity index (χ3n) is 5.41. The molecule has 1 aromatic heterocycles. The number of aryl methyl sites for hydroxylation is 1. The monoisotopic (exact) mass is 432 g/mol. The van der Waals surface area contributed by atoms with Gasteiger partial charge in [-0.15, -0.1) is 12.4 Å². The smallest absolute Gasteiger partial charge is 0.254 e. The van der Waals surface area contributed by atoms with Crippen LogP contribution in [0.25, 0.3) is 11.3 Å². The molecule has 0 radical (unpaired) electrons. The van der Waals surface area contributed by atoms with Crippen LogP contribution in [-0.2, 0) is 7.05 Å². The molecule has 0 aliphatic carbocycles. The molecule has 0 spiro atoms.